The van der Waals surface area contributed by atoms with Gasteiger partial charge >= 0.3 is 5.97 Å². The van der Waals surface area contributed by atoms with Crippen molar-refractivity contribution >= 4 is 40.8 Å². The minimum absolute atomic E-state index is 0.0113. The van der Waals surface area contributed by atoms with Crippen LogP contribution in [0.3, 0.4) is 0 Å². The van der Waals surface area contributed by atoms with Gasteiger partial charge in [-0.1, -0.05) is 23.7 Å². The minimum Gasteiger partial charge on any atom is -0.478 e. The zero-order valence-corrected chi connectivity index (χ0v) is 13.2. The number of carbonyl (C=O) groups is 3. The van der Waals surface area contributed by atoms with Crippen LogP contribution in [0.25, 0.3) is 0 Å². The monoisotopic (exact) mass is 344 g/mol. The third-order valence-corrected chi connectivity index (χ3v) is 3.90. The lowest BCUT2D eigenvalue weighted by Gasteiger charge is -2.16. The van der Waals surface area contributed by atoms with Crippen molar-refractivity contribution in [1.29, 1.82) is 0 Å². The van der Waals surface area contributed by atoms with Crippen molar-refractivity contribution in [2.45, 2.75) is 12.5 Å². The number of carboxylic acids is 1. The van der Waals surface area contributed by atoms with Gasteiger partial charge in [-0.15, -0.1) is 0 Å². The average Bonchev–Trinajstić information content (AvgIpc) is 2.81. The third-order valence-electron chi connectivity index (χ3n) is 3.66. The topological polar surface area (TPSA) is 86.7 Å². The smallest absolute Gasteiger partial charge is 0.335 e. The second-order valence-electron chi connectivity index (χ2n) is 5.33. The number of hydrogen-bond donors (Lipinski definition) is 2. The predicted octanol–water partition coefficient (Wildman–Crippen LogP) is 2.78. The SMILES string of the molecule is O=C(O)c1cccc(N2C(=O)CC(Nc3cccc(Cl)c3)C2=O)c1. The van der Waals surface area contributed by atoms with E-state index in [9.17, 15) is 14.4 Å². The van der Waals surface area contributed by atoms with Gasteiger partial charge < -0.3 is 10.4 Å². The van der Waals surface area contributed by atoms with Crippen LogP contribution in [0, 0.1) is 0 Å². The molecule has 2 aromatic rings. The lowest BCUT2D eigenvalue weighted by Crippen LogP contribution is -2.34. The van der Waals surface area contributed by atoms with Crippen LogP contribution < -0.4 is 10.2 Å². The van der Waals surface area contributed by atoms with Gasteiger partial charge in [0.05, 0.1) is 17.7 Å². The molecule has 7 heteroatoms. The highest BCUT2D eigenvalue weighted by Gasteiger charge is 2.39. The number of nitrogens with zero attached hydrogens (tertiary/aromatic N) is 1. The number of anilines is 2. The van der Waals surface area contributed by atoms with Crippen LogP contribution in [-0.2, 0) is 9.59 Å². The van der Waals surface area contributed by atoms with Crippen molar-refractivity contribution in [3.05, 3.63) is 59.1 Å². The van der Waals surface area contributed by atoms with E-state index in [1.807, 2.05) is 0 Å². The summed E-state index contributed by atoms with van der Waals surface area (Å²) >= 11 is 5.91. The van der Waals surface area contributed by atoms with E-state index in [1.165, 1.54) is 24.3 Å². The number of aromatic carboxylic acids is 1. The van der Waals surface area contributed by atoms with Crippen LogP contribution in [0.1, 0.15) is 16.8 Å². The lowest BCUT2D eigenvalue weighted by atomic mass is 10.2. The molecule has 0 saturated carbocycles. The first kappa shape index (κ1) is 16.0. The van der Waals surface area contributed by atoms with Crippen LogP contribution in [0.2, 0.25) is 5.02 Å². The summed E-state index contributed by atoms with van der Waals surface area (Å²) in [6, 6.07) is 11.9. The van der Waals surface area contributed by atoms with Gasteiger partial charge in [-0.3, -0.25) is 9.59 Å². The predicted molar refractivity (Wildman–Crippen MR) is 89.4 cm³/mol. The number of carbonyl (C=O) groups excluding carboxylic acids is 2. The van der Waals surface area contributed by atoms with Gasteiger partial charge in [-0.25, -0.2) is 9.69 Å². The number of amides is 2. The molecule has 1 heterocycles. The van der Waals surface area contributed by atoms with Crippen LogP contribution in [0.4, 0.5) is 11.4 Å². The molecule has 3 rings (SSSR count). The van der Waals surface area contributed by atoms with E-state index in [0.717, 1.165) is 4.90 Å². The lowest BCUT2D eigenvalue weighted by molar-refractivity contribution is -0.121. The number of rotatable bonds is 4. The molecule has 1 saturated heterocycles. The first-order chi connectivity index (χ1) is 11.5. The summed E-state index contributed by atoms with van der Waals surface area (Å²) in [6.07, 6.45) is -0.0113. The highest BCUT2D eigenvalue weighted by Crippen LogP contribution is 2.26. The van der Waals surface area contributed by atoms with E-state index in [-0.39, 0.29) is 23.6 Å². The Labute approximate surface area is 142 Å². The number of hydrogen-bond acceptors (Lipinski definition) is 4. The molecule has 0 spiro atoms. The Balaban J connectivity index is 1.84. The fourth-order valence-corrected chi connectivity index (χ4v) is 2.76. The summed E-state index contributed by atoms with van der Waals surface area (Å²) in [5, 5.41) is 12.5. The Hall–Kier alpha value is -2.86. The highest BCUT2D eigenvalue weighted by atomic mass is 35.5. The van der Waals surface area contributed by atoms with Gasteiger partial charge in [0.15, 0.2) is 0 Å². The molecule has 1 aliphatic heterocycles. The fourth-order valence-electron chi connectivity index (χ4n) is 2.57. The van der Waals surface area contributed by atoms with E-state index >= 15 is 0 Å². The largest absolute Gasteiger partial charge is 0.478 e. The molecule has 1 aliphatic rings. The van der Waals surface area contributed by atoms with Crippen LogP contribution in [-0.4, -0.2) is 28.9 Å². The quantitative estimate of drug-likeness (QED) is 0.833. The van der Waals surface area contributed by atoms with E-state index in [1.54, 1.807) is 24.3 Å². The first-order valence-corrected chi connectivity index (χ1v) is 7.56. The molecule has 122 valence electrons. The highest BCUT2D eigenvalue weighted by molar-refractivity contribution is 6.30. The Bertz CT molecular complexity index is 837. The van der Waals surface area contributed by atoms with Gasteiger partial charge in [0.1, 0.15) is 6.04 Å². The summed E-state index contributed by atoms with van der Waals surface area (Å²) in [5.74, 6) is -1.94. The number of nitrogens with one attached hydrogen (secondary N) is 1. The zero-order valence-electron chi connectivity index (χ0n) is 12.4. The Morgan fingerprint density at radius 3 is 2.62 bits per heavy atom. The zero-order chi connectivity index (χ0) is 17.3. The Morgan fingerprint density at radius 2 is 1.92 bits per heavy atom. The van der Waals surface area contributed by atoms with Crippen molar-refractivity contribution in [3.63, 3.8) is 0 Å². The van der Waals surface area contributed by atoms with E-state index in [4.69, 9.17) is 16.7 Å². The molecule has 6 nitrogen and oxygen atoms in total. The van der Waals surface area contributed by atoms with E-state index < -0.39 is 17.9 Å². The van der Waals surface area contributed by atoms with Crippen LogP contribution in [0.5, 0.6) is 0 Å². The molecule has 2 amide bonds. The summed E-state index contributed by atoms with van der Waals surface area (Å²) in [6.45, 7) is 0. The molecule has 0 aliphatic carbocycles. The summed E-state index contributed by atoms with van der Waals surface area (Å²) in [4.78, 5) is 36.8. The molecular formula is C17H13ClN2O4. The Kier molecular flexibility index (Phi) is 4.22. The second-order valence-corrected chi connectivity index (χ2v) is 5.77. The summed E-state index contributed by atoms with van der Waals surface area (Å²) in [7, 11) is 0. The first-order valence-electron chi connectivity index (χ1n) is 7.18. The average molecular weight is 345 g/mol. The summed E-state index contributed by atoms with van der Waals surface area (Å²) < 4.78 is 0. The normalized spacial score (nSPS) is 17.2. The van der Waals surface area contributed by atoms with Gasteiger partial charge in [0, 0.05) is 10.7 Å². The second kappa shape index (κ2) is 6.33. The van der Waals surface area contributed by atoms with Crippen molar-refractivity contribution in [2.24, 2.45) is 0 Å². The molecule has 2 N–H and O–H groups in total. The molecule has 0 bridgehead atoms. The van der Waals surface area contributed by atoms with Gasteiger partial charge in [-0.2, -0.15) is 0 Å². The van der Waals surface area contributed by atoms with Crippen molar-refractivity contribution in [3.8, 4) is 0 Å². The third kappa shape index (κ3) is 3.09. The molecule has 1 unspecified atom stereocenters. The van der Waals surface area contributed by atoms with E-state index in [2.05, 4.69) is 5.32 Å². The van der Waals surface area contributed by atoms with Gasteiger partial charge in [-0.05, 0) is 36.4 Å². The number of halogens is 1. The molecule has 24 heavy (non-hydrogen) atoms. The van der Waals surface area contributed by atoms with Crippen molar-refractivity contribution in [2.75, 3.05) is 10.2 Å². The van der Waals surface area contributed by atoms with Crippen LogP contribution >= 0.6 is 11.6 Å². The Morgan fingerprint density at radius 1 is 1.17 bits per heavy atom. The fraction of sp³-hybridized carbons (Fsp3) is 0.118. The maximum absolute atomic E-state index is 12.5. The number of imide groups is 1. The molecule has 1 atom stereocenters. The molecule has 0 aromatic heterocycles. The minimum atomic E-state index is -1.12. The molecule has 2 aromatic carbocycles. The molecular weight excluding hydrogens is 332 g/mol. The standard InChI is InChI=1S/C17H13ClN2O4/c18-11-4-2-5-12(8-11)19-14-9-15(21)20(16(14)22)13-6-1-3-10(7-13)17(23)24/h1-8,14,19H,9H2,(H,23,24). The molecule has 1 fully saturated rings. The van der Waals surface area contributed by atoms with Crippen molar-refractivity contribution < 1.29 is 19.5 Å². The van der Waals surface area contributed by atoms with Crippen LogP contribution in [0.15, 0.2) is 48.5 Å². The maximum Gasteiger partial charge on any atom is 0.335 e. The molecule has 0 radical (unpaired) electrons. The summed E-state index contributed by atoms with van der Waals surface area (Å²) in [5.41, 5.74) is 0.898. The van der Waals surface area contributed by atoms with E-state index in [0.29, 0.717) is 10.7 Å². The van der Waals surface area contributed by atoms with Crippen molar-refractivity contribution in [1.82, 2.24) is 0 Å². The number of carboxylic acid groups (broad SMARTS) is 1. The van der Waals surface area contributed by atoms with Gasteiger partial charge in [0.25, 0.3) is 5.91 Å². The van der Waals surface area contributed by atoms with Gasteiger partial charge in [0.2, 0.25) is 5.91 Å². The number of benzene rings is 2. The maximum atomic E-state index is 12.5.